The smallest absolute Gasteiger partial charge is 0.303 e. The van der Waals surface area contributed by atoms with Gasteiger partial charge in [0, 0.05) is 13.0 Å². The van der Waals surface area contributed by atoms with Crippen LogP contribution in [0.25, 0.3) is 0 Å². The van der Waals surface area contributed by atoms with Gasteiger partial charge in [-0.2, -0.15) is 4.72 Å². The molecule has 0 aliphatic carbocycles. The highest BCUT2D eigenvalue weighted by atomic mass is 32.2. The fourth-order valence-electron chi connectivity index (χ4n) is 1.95. The molecule has 0 aliphatic heterocycles. The van der Waals surface area contributed by atoms with Crippen molar-refractivity contribution in [1.29, 1.82) is 0 Å². The topological polar surface area (TPSA) is 113 Å². The Morgan fingerprint density at radius 2 is 1.88 bits per heavy atom. The summed E-state index contributed by atoms with van der Waals surface area (Å²) in [6, 6.07) is 3.78. The van der Waals surface area contributed by atoms with E-state index in [0.717, 1.165) is 12.1 Å². The maximum absolute atomic E-state index is 13.7. The second-order valence-corrected chi connectivity index (χ2v) is 7.24. The van der Waals surface area contributed by atoms with Crippen molar-refractivity contribution in [2.75, 3.05) is 6.54 Å². The molecule has 1 aromatic rings. The van der Waals surface area contributed by atoms with Crippen LogP contribution in [0.2, 0.25) is 0 Å². The molecule has 1 rings (SSSR count). The summed E-state index contributed by atoms with van der Waals surface area (Å²) in [5, 5.41) is 11.0. The molecule has 0 bridgehead atoms. The predicted molar refractivity (Wildman–Crippen MR) is 85.2 cm³/mol. The standard InChI is InChI=1S/C15H21FN2O5S/c1-10(2)14(15(21)17-9-5-8-13(19)20)18-24(22,23)12-7-4-3-6-11(12)16/h3-4,6-7,10,14,18H,5,8-9H2,1-2H3,(H,17,21)(H,19,20). The van der Waals surface area contributed by atoms with Crippen LogP contribution in [0.1, 0.15) is 26.7 Å². The molecule has 0 radical (unpaired) electrons. The molecule has 0 heterocycles. The third-order valence-corrected chi connectivity index (χ3v) is 4.70. The molecule has 1 aromatic carbocycles. The van der Waals surface area contributed by atoms with Gasteiger partial charge >= 0.3 is 5.97 Å². The Bertz CT molecular complexity index is 691. The van der Waals surface area contributed by atoms with Crippen LogP contribution in [0, 0.1) is 11.7 Å². The third kappa shape index (κ3) is 5.89. The average Bonchev–Trinajstić information content (AvgIpc) is 2.49. The molecule has 0 aliphatic rings. The van der Waals surface area contributed by atoms with Gasteiger partial charge in [-0.25, -0.2) is 12.8 Å². The van der Waals surface area contributed by atoms with Crippen molar-refractivity contribution in [2.24, 2.45) is 5.92 Å². The minimum absolute atomic E-state index is 0.104. The molecule has 0 spiro atoms. The molecular weight excluding hydrogens is 339 g/mol. The van der Waals surface area contributed by atoms with Gasteiger partial charge < -0.3 is 10.4 Å². The summed E-state index contributed by atoms with van der Waals surface area (Å²) in [5.74, 6) is -2.86. The number of rotatable bonds is 9. The van der Waals surface area contributed by atoms with Crippen LogP contribution in [-0.4, -0.2) is 38.0 Å². The molecule has 0 saturated carbocycles. The Morgan fingerprint density at radius 3 is 2.42 bits per heavy atom. The number of carbonyl (C=O) groups is 2. The van der Waals surface area contributed by atoms with Crippen molar-refractivity contribution in [3.63, 3.8) is 0 Å². The van der Waals surface area contributed by atoms with Crippen molar-refractivity contribution in [1.82, 2.24) is 10.0 Å². The van der Waals surface area contributed by atoms with E-state index in [0.29, 0.717) is 0 Å². The van der Waals surface area contributed by atoms with Crippen molar-refractivity contribution in [2.45, 2.75) is 37.6 Å². The Morgan fingerprint density at radius 1 is 1.25 bits per heavy atom. The van der Waals surface area contributed by atoms with Crippen LogP contribution in [0.15, 0.2) is 29.2 Å². The molecule has 0 aromatic heterocycles. The van der Waals surface area contributed by atoms with Crippen LogP contribution in [0.3, 0.4) is 0 Å². The number of carbonyl (C=O) groups excluding carboxylic acids is 1. The van der Waals surface area contributed by atoms with Crippen LogP contribution in [-0.2, 0) is 19.6 Å². The number of hydrogen-bond acceptors (Lipinski definition) is 4. The Balaban J connectivity index is 2.80. The van der Waals surface area contributed by atoms with E-state index in [1.54, 1.807) is 13.8 Å². The number of amides is 1. The van der Waals surface area contributed by atoms with Crippen molar-refractivity contribution >= 4 is 21.9 Å². The maximum atomic E-state index is 13.7. The Labute approximate surface area is 140 Å². The monoisotopic (exact) mass is 360 g/mol. The highest BCUT2D eigenvalue weighted by Crippen LogP contribution is 2.15. The minimum Gasteiger partial charge on any atom is -0.481 e. The summed E-state index contributed by atoms with van der Waals surface area (Å²) >= 11 is 0. The average molecular weight is 360 g/mol. The van der Waals surface area contributed by atoms with Gasteiger partial charge in [0.1, 0.15) is 16.8 Å². The van der Waals surface area contributed by atoms with E-state index in [4.69, 9.17) is 5.11 Å². The van der Waals surface area contributed by atoms with E-state index in [1.807, 2.05) is 0 Å². The van der Waals surface area contributed by atoms with E-state index in [9.17, 15) is 22.4 Å². The van der Waals surface area contributed by atoms with Crippen molar-refractivity contribution < 1.29 is 27.5 Å². The molecule has 1 amide bonds. The lowest BCUT2D eigenvalue weighted by atomic mass is 10.1. The summed E-state index contributed by atoms with van der Waals surface area (Å²) in [6.07, 6.45) is 0.125. The maximum Gasteiger partial charge on any atom is 0.303 e. The minimum atomic E-state index is -4.20. The summed E-state index contributed by atoms with van der Waals surface area (Å²) in [7, 11) is -4.20. The van der Waals surface area contributed by atoms with Gasteiger partial charge in [-0.05, 0) is 24.5 Å². The van der Waals surface area contributed by atoms with Crippen molar-refractivity contribution in [3.8, 4) is 0 Å². The predicted octanol–water partition coefficient (Wildman–Crippen LogP) is 1.11. The third-order valence-electron chi connectivity index (χ3n) is 3.22. The van der Waals surface area contributed by atoms with Gasteiger partial charge in [-0.1, -0.05) is 26.0 Å². The van der Waals surface area contributed by atoms with Crippen molar-refractivity contribution in [3.05, 3.63) is 30.1 Å². The number of sulfonamides is 1. The number of nitrogens with one attached hydrogen (secondary N) is 2. The molecule has 1 unspecified atom stereocenters. The summed E-state index contributed by atoms with van der Waals surface area (Å²) < 4.78 is 40.5. The number of aliphatic carboxylic acids is 1. The fraction of sp³-hybridized carbons (Fsp3) is 0.467. The van der Waals surface area contributed by atoms with E-state index < -0.39 is 38.7 Å². The van der Waals surface area contributed by atoms with Crippen LogP contribution in [0.4, 0.5) is 4.39 Å². The van der Waals surface area contributed by atoms with E-state index in [1.165, 1.54) is 12.1 Å². The first-order chi connectivity index (χ1) is 11.1. The first kappa shape index (κ1) is 20.0. The van der Waals surface area contributed by atoms with Gasteiger partial charge in [0.25, 0.3) is 0 Å². The van der Waals surface area contributed by atoms with Gasteiger partial charge in [-0.3, -0.25) is 9.59 Å². The zero-order valence-corrected chi connectivity index (χ0v) is 14.3. The van der Waals surface area contributed by atoms with Gasteiger partial charge in [-0.15, -0.1) is 0 Å². The molecule has 24 heavy (non-hydrogen) atoms. The van der Waals surface area contributed by atoms with E-state index >= 15 is 0 Å². The fourth-order valence-corrected chi connectivity index (χ4v) is 3.37. The normalized spacial score (nSPS) is 12.8. The first-order valence-corrected chi connectivity index (χ1v) is 8.90. The van der Waals surface area contributed by atoms with Gasteiger partial charge in [0.05, 0.1) is 0 Å². The van der Waals surface area contributed by atoms with Gasteiger partial charge in [0.15, 0.2) is 0 Å². The van der Waals surface area contributed by atoms with Gasteiger partial charge in [0.2, 0.25) is 15.9 Å². The second kappa shape index (κ2) is 8.74. The highest BCUT2D eigenvalue weighted by Gasteiger charge is 2.29. The molecule has 3 N–H and O–H groups in total. The number of carboxylic acid groups (broad SMARTS) is 1. The van der Waals surface area contributed by atoms with E-state index in [2.05, 4.69) is 10.0 Å². The lowest BCUT2D eigenvalue weighted by molar-refractivity contribution is -0.137. The largest absolute Gasteiger partial charge is 0.481 e. The molecule has 9 heteroatoms. The molecule has 0 saturated heterocycles. The number of carboxylic acids is 1. The Kier molecular flexibility index (Phi) is 7.30. The zero-order valence-electron chi connectivity index (χ0n) is 13.5. The van der Waals surface area contributed by atoms with Crippen LogP contribution >= 0.6 is 0 Å². The first-order valence-electron chi connectivity index (χ1n) is 7.41. The number of halogens is 1. The lowest BCUT2D eigenvalue weighted by Crippen LogP contribution is -2.49. The van der Waals surface area contributed by atoms with Crippen LogP contribution in [0.5, 0.6) is 0 Å². The number of hydrogen-bond donors (Lipinski definition) is 3. The highest BCUT2D eigenvalue weighted by molar-refractivity contribution is 7.89. The molecule has 134 valence electrons. The second-order valence-electron chi connectivity index (χ2n) is 5.56. The SMILES string of the molecule is CC(C)C(NS(=O)(=O)c1ccccc1F)C(=O)NCCCC(=O)O. The molecule has 7 nitrogen and oxygen atoms in total. The summed E-state index contributed by atoms with van der Waals surface area (Å²) in [5.41, 5.74) is 0. The molecule has 1 atom stereocenters. The number of benzene rings is 1. The Hall–Kier alpha value is -2.00. The summed E-state index contributed by atoms with van der Waals surface area (Å²) in [4.78, 5) is 22.0. The van der Waals surface area contributed by atoms with E-state index in [-0.39, 0.29) is 25.3 Å². The zero-order chi connectivity index (χ0) is 18.3. The van der Waals surface area contributed by atoms with Crippen LogP contribution < -0.4 is 10.0 Å². The quantitative estimate of drug-likeness (QED) is 0.571. The molecular formula is C15H21FN2O5S. The lowest BCUT2D eigenvalue weighted by Gasteiger charge is -2.21. The summed E-state index contributed by atoms with van der Waals surface area (Å²) in [6.45, 7) is 3.40. The molecule has 0 fully saturated rings.